The Bertz CT molecular complexity index is 738. The highest BCUT2D eigenvalue weighted by atomic mass is 19.4. The van der Waals surface area contributed by atoms with E-state index in [1.165, 1.54) is 29.5 Å². The van der Waals surface area contributed by atoms with Gasteiger partial charge in [0.05, 0.1) is 11.2 Å². The maximum Gasteiger partial charge on any atom is 0.416 e. The van der Waals surface area contributed by atoms with Gasteiger partial charge in [0.1, 0.15) is 19.2 Å². The highest BCUT2D eigenvalue weighted by molar-refractivity contribution is 5.76. The number of aromatic nitrogens is 3. The maximum atomic E-state index is 12.9. The van der Waals surface area contributed by atoms with Gasteiger partial charge in [-0.3, -0.25) is 4.79 Å². The number of likely N-dealkylation sites (tertiary alicyclic amines) is 1. The molecule has 9 heteroatoms. The van der Waals surface area contributed by atoms with Crippen LogP contribution in [0.3, 0.4) is 0 Å². The van der Waals surface area contributed by atoms with Crippen molar-refractivity contribution in [1.29, 1.82) is 0 Å². The SMILES string of the molecule is O=C(Cn1cncn1)N1CCC(O)(c2cccc(C(F)(F)F)c2)CC1. The molecule has 0 aliphatic carbocycles. The number of alkyl halides is 3. The Hall–Kier alpha value is -2.42. The van der Waals surface area contributed by atoms with Gasteiger partial charge in [-0.2, -0.15) is 18.3 Å². The molecule has 1 N–H and O–H groups in total. The van der Waals surface area contributed by atoms with Crippen molar-refractivity contribution in [3.05, 3.63) is 48.0 Å². The molecule has 6 nitrogen and oxygen atoms in total. The molecule has 1 aromatic carbocycles. The summed E-state index contributed by atoms with van der Waals surface area (Å²) in [5.74, 6) is -0.170. The molecule has 0 atom stereocenters. The van der Waals surface area contributed by atoms with E-state index in [1.807, 2.05) is 0 Å². The molecule has 0 unspecified atom stereocenters. The fourth-order valence-corrected chi connectivity index (χ4v) is 2.95. The molecule has 0 bridgehead atoms. The summed E-state index contributed by atoms with van der Waals surface area (Å²) < 4.78 is 40.0. The Balaban J connectivity index is 1.67. The first-order chi connectivity index (χ1) is 11.8. The van der Waals surface area contributed by atoms with Crippen LogP contribution in [0.1, 0.15) is 24.0 Å². The lowest BCUT2D eigenvalue weighted by molar-refractivity contribution is -0.137. The van der Waals surface area contributed by atoms with E-state index in [1.54, 1.807) is 4.90 Å². The molecule has 2 aromatic rings. The summed E-state index contributed by atoms with van der Waals surface area (Å²) >= 11 is 0. The second kappa shape index (κ2) is 6.47. The molecule has 1 aromatic heterocycles. The van der Waals surface area contributed by atoms with Crippen LogP contribution >= 0.6 is 0 Å². The summed E-state index contributed by atoms with van der Waals surface area (Å²) in [5.41, 5.74) is -1.93. The number of hydrogen-bond acceptors (Lipinski definition) is 4. The number of piperidine rings is 1. The third-order valence-corrected chi connectivity index (χ3v) is 4.43. The van der Waals surface area contributed by atoms with E-state index >= 15 is 0 Å². The quantitative estimate of drug-likeness (QED) is 0.913. The molecule has 134 valence electrons. The maximum absolute atomic E-state index is 12.9. The predicted octanol–water partition coefficient (Wildman–Crippen LogP) is 1.81. The molecule has 1 saturated heterocycles. The fraction of sp³-hybridized carbons (Fsp3) is 0.438. The van der Waals surface area contributed by atoms with Crippen molar-refractivity contribution in [2.75, 3.05) is 13.1 Å². The Kier molecular flexibility index (Phi) is 4.51. The molecule has 1 aliphatic heterocycles. The van der Waals surface area contributed by atoms with E-state index in [-0.39, 0.29) is 43.9 Å². The normalized spacial score (nSPS) is 17.5. The number of nitrogens with zero attached hydrogens (tertiary/aromatic N) is 4. The average Bonchev–Trinajstić information content (AvgIpc) is 3.08. The zero-order valence-corrected chi connectivity index (χ0v) is 13.3. The van der Waals surface area contributed by atoms with Crippen LogP contribution in [0.25, 0.3) is 0 Å². The van der Waals surface area contributed by atoms with Crippen LogP contribution in [0.2, 0.25) is 0 Å². The monoisotopic (exact) mass is 354 g/mol. The van der Waals surface area contributed by atoms with Gasteiger partial charge < -0.3 is 10.0 Å². The van der Waals surface area contributed by atoms with Crippen LogP contribution < -0.4 is 0 Å². The number of hydrogen-bond donors (Lipinski definition) is 1. The number of rotatable bonds is 3. The third-order valence-electron chi connectivity index (χ3n) is 4.43. The van der Waals surface area contributed by atoms with Gasteiger partial charge in [0.2, 0.25) is 5.91 Å². The smallest absolute Gasteiger partial charge is 0.385 e. The standard InChI is InChI=1S/C16H17F3N4O2/c17-16(18,19)13-3-1-2-12(8-13)15(25)4-6-22(7-5-15)14(24)9-23-11-20-10-21-23/h1-3,8,10-11,25H,4-7,9H2. The molecule has 0 radical (unpaired) electrons. The van der Waals surface area contributed by atoms with E-state index in [2.05, 4.69) is 10.1 Å². The number of halogens is 3. The summed E-state index contributed by atoms with van der Waals surface area (Å²) in [6.07, 6.45) is -1.34. The fourth-order valence-electron chi connectivity index (χ4n) is 2.95. The van der Waals surface area contributed by atoms with E-state index in [4.69, 9.17) is 0 Å². The van der Waals surface area contributed by atoms with Crippen LogP contribution in [0.5, 0.6) is 0 Å². The predicted molar refractivity (Wildman–Crippen MR) is 81.2 cm³/mol. The molecule has 0 spiro atoms. The summed E-state index contributed by atoms with van der Waals surface area (Å²) in [6, 6.07) is 4.73. The molecule has 1 amide bonds. The first-order valence-corrected chi connectivity index (χ1v) is 7.78. The number of carbonyl (C=O) groups is 1. The Morgan fingerprint density at radius 2 is 2.00 bits per heavy atom. The topological polar surface area (TPSA) is 71.2 Å². The van der Waals surface area contributed by atoms with E-state index < -0.39 is 17.3 Å². The largest absolute Gasteiger partial charge is 0.416 e. The van der Waals surface area contributed by atoms with E-state index in [0.717, 1.165) is 12.1 Å². The molecular weight excluding hydrogens is 337 g/mol. The molecular formula is C16H17F3N4O2. The van der Waals surface area contributed by atoms with Crippen LogP contribution in [0, 0.1) is 0 Å². The van der Waals surface area contributed by atoms with Crippen LogP contribution in [0.15, 0.2) is 36.9 Å². The summed E-state index contributed by atoms with van der Waals surface area (Å²) in [4.78, 5) is 17.5. The van der Waals surface area contributed by atoms with Crippen LogP contribution in [0.4, 0.5) is 13.2 Å². The van der Waals surface area contributed by atoms with Crippen molar-refractivity contribution in [1.82, 2.24) is 19.7 Å². The Morgan fingerprint density at radius 3 is 2.60 bits per heavy atom. The zero-order chi connectivity index (χ0) is 18.1. The molecule has 3 rings (SSSR count). The summed E-state index contributed by atoms with van der Waals surface area (Å²) in [5, 5.41) is 14.6. The lowest BCUT2D eigenvalue weighted by Crippen LogP contribution is -2.46. The lowest BCUT2D eigenvalue weighted by Gasteiger charge is -2.38. The van der Waals surface area contributed by atoms with Crippen molar-refractivity contribution in [3.8, 4) is 0 Å². The summed E-state index contributed by atoms with van der Waals surface area (Å²) in [7, 11) is 0. The van der Waals surface area contributed by atoms with Crippen molar-refractivity contribution in [2.45, 2.75) is 31.2 Å². The van der Waals surface area contributed by atoms with Gasteiger partial charge >= 0.3 is 6.18 Å². The van der Waals surface area contributed by atoms with Gasteiger partial charge in [0.15, 0.2) is 0 Å². The van der Waals surface area contributed by atoms with Gasteiger partial charge in [-0.25, -0.2) is 9.67 Å². The van der Waals surface area contributed by atoms with Gasteiger partial charge in [-0.15, -0.1) is 0 Å². The third kappa shape index (κ3) is 3.81. The lowest BCUT2D eigenvalue weighted by atomic mass is 9.83. The molecule has 2 heterocycles. The molecule has 0 saturated carbocycles. The van der Waals surface area contributed by atoms with Gasteiger partial charge in [0, 0.05) is 13.1 Å². The van der Waals surface area contributed by atoms with Crippen LogP contribution in [-0.4, -0.2) is 43.8 Å². The van der Waals surface area contributed by atoms with E-state index in [0.29, 0.717) is 0 Å². The van der Waals surface area contributed by atoms with Gasteiger partial charge in [-0.05, 0) is 30.5 Å². The molecule has 1 aliphatic rings. The van der Waals surface area contributed by atoms with Crippen molar-refractivity contribution in [2.24, 2.45) is 0 Å². The van der Waals surface area contributed by atoms with Crippen molar-refractivity contribution < 1.29 is 23.1 Å². The summed E-state index contributed by atoms with van der Waals surface area (Å²) in [6.45, 7) is 0.572. The second-order valence-corrected chi connectivity index (χ2v) is 6.08. The molecule has 1 fully saturated rings. The minimum Gasteiger partial charge on any atom is -0.385 e. The first-order valence-electron chi connectivity index (χ1n) is 7.78. The van der Waals surface area contributed by atoms with Gasteiger partial charge in [0.25, 0.3) is 0 Å². The van der Waals surface area contributed by atoms with Gasteiger partial charge in [-0.1, -0.05) is 12.1 Å². The number of aliphatic hydroxyl groups is 1. The van der Waals surface area contributed by atoms with Crippen LogP contribution in [-0.2, 0) is 23.1 Å². The van der Waals surface area contributed by atoms with Crippen molar-refractivity contribution >= 4 is 5.91 Å². The Labute approximate surface area is 141 Å². The zero-order valence-electron chi connectivity index (χ0n) is 13.3. The first kappa shape index (κ1) is 17.4. The number of amides is 1. The number of benzene rings is 1. The number of carbonyl (C=O) groups excluding carboxylic acids is 1. The minimum absolute atomic E-state index is 0.0436. The highest BCUT2D eigenvalue weighted by Gasteiger charge is 2.37. The second-order valence-electron chi connectivity index (χ2n) is 6.08. The highest BCUT2D eigenvalue weighted by Crippen LogP contribution is 2.36. The van der Waals surface area contributed by atoms with Crippen molar-refractivity contribution in [3.63, 3.8) is 0 Å². The van der Waals surface area contributed by atoms with E-state index in [9.17, 15) is 23.1 Å². The average molecular weight is 354 g/mol. The minimum atomic E-state index is -4.46. The molecule has 25 heavy (non-hydrogen) atoms. The Morgan fingerprint density at radius 1 is 1.28 bits per heavy atom.